The van der Waals surface area contributed by atoms with Crippen LogP contribution in [0.25, 0.3) is 38.6 Å². The van der Waals surface area contributed by atoms with Crippen LogP contribution in [-0.2, 0) is 17.4 Å². The number of unbranched alkanes of at least 4 members (excludes halogenated alkanes) is 1. The zero-order chi connectivity index (χ0) is 32.3. The van der Waals surface area contributed by atoms with Gasteiger partial charge in [-0.2, -0.15) is 27.9 Å². The first-order chi connectivity index (χ1) is 23.0. The van der Waals surface area contributed by atoms with Crippen molar-refractivity contribution in [2.45, 2.75) is 115 Å². The van der Waals surface area contributed by atoms with Gasteiger partial charge in [-0.1, -0.05) is 82.6 Å². The van der Waals surface area contributed by atoms with Crippen LogP contribution in [0.15, 0.2) is 60.8 Å². The van der Waals surface area contributed by atoms with E-state index in [2.05, 4.69) is 128 Å². The smallest absolute Gasteiger partial charge is 0.223 e. The molecule has 5 heterocycles. The molecule has 246 valence electrons. The number of para-hydroxylation sites is 1. The lowest BCUT2D eigenvalue weighted by Crippen LogP contribution is -2.65. The minimum atomic E-state index is -0.0436. The summed E-state index contributed by atoms with van der Waals surface area (Å²) in [5.41, 5.74) is 12.3. The van der Waals surface area contributed by atoms with E-state index in [1.54, 1.807) is 22.3 Å². The summed E-state index contributed by atoms with van der Waals surface area (Å²) in [5, 5.41) is 4.27. The van der Waals surface area contributed by atoms with Crippen LogP contribution >= 0.6 is 23.5 Å². The Hall–Kier alpha value is -2.43. The van der Waals surface area contributed by atoms with Crippen molar-refractivity contribution in [3.63, 3.8) is 0 Å². The predicted octanol–water partition coefficient (Wildman–Crippen LogP) is 11.6. The Kier molecular flexibility index (Phi) is 8.44. The van der Waals surface area contributed by atoms with E-state index in [-0.39, 0.29) is 11.0 Å². The number of fused-ring (bicyclic) bond motifs is 3. The number of rotatable bonds is 8. The molecule has 8 rings (SSSR count). The average Bonchev–Trinajstić information content (AvgIpc) is 3.54. The van der Waals surface area contributed by atoms with E-state index in [1.165, 1.54) is 107 Å². The fourth-order valence-corrected chi connectivity index (χ4v) is 12.1. The third kappa shape index (κ3) is 4.70. The van der Waals surface area contributed by atoms with Crippen LogP contribution in [0.4, 0.5) is 0 Å². The van der Waals surface area contributed by atoms with Crippen molar-refractivity contribution in [3.05, 3.63) is 83.0 Å². The molecule has 4 heteroatoms. The number of aryl methyl sites for hydroxylation is 1. The summed E-state index contributed by atoms with van der Waals surface area (Å²) >= 11 is 4.32. The molecular weight excluding hydrogens is 609 g/mol. The van der Waals surface area contributed by atoms with Gasteiger partial charge in [-0.05, 0) is 121 Å². The molecule has 2 fully saturated rings. The Morgan fingerprint density at radius 3 is 2.19 bits per heavy atom. The molecule has 0 saturated carbocycles. The van der Waals surface area contributed by atoms with Crippen molar-refractivity contribution in [3.8, 4) is 11.3 Å². The molecule has 3 aliphatic rings. The Bertz CT molecular complexity index is 1960. The van der Waals surface area contributed by atoms with Crippen LogP contribution in [0.3, 0.4) is 0 Å². The second-order valence-corrected chi connectivity index (χ2v) is 17.5. The van der Waals surface area contributed by atoms with Crippen LogP contribution < -0.4 is 4.57 Å². The number of hydrogen-bond donors (Lipinski definition) is 0. The Morgan fingerprint density at radius 2 is 1.49 bits per heavy atom. The molecule has 2 aromatic heterocycles. The summed E-state index contributed by atoms with van der Waals surface area (Å²) in [5.74, 6) is 6.41. The van der Waals surface area contributed by atoms with E-state index < -0.39 is 0 Å². The van der Waals surface area contributed by atoms with Gasteiger partial charge < -0.3 is 0 Å². The molecule has 0 spiro atoms. The number of benzene rings is 3. The molecule has 0 bridgehead atoms. The van der Waals surface area contributed by atoms with Crippen molar-refractivity contribution in [1.82, 2.24) is 4.40 Å². The average molecular weight is 662 g/mol. The van der Waals surface area contributed by atoms with Crippen LogP contribution in [0.1, 0.15) is 120 Å². The topological polar surface area (TPSA) is 8.29 Å². The highest BCUT2D eigenvalue weighted by Gasteiger charge is 2.54. The van der Waals surface area contributed by atoms with E-state index in [0.717, 1.165) is 12.8 Å². The van der Waals surface area contributed by atoms with E-state index >= 15 is 0 Å². The summed E-state index contributed by atoms with van der Waals surface area (Å²) in [4.78, 5) is 0. The Morgan fingerprint density at radius 1 is 0.787 bits per heavy atom. The third-order valence-corrected chi connectivity index (χ3v) is 15.2. The SMILES string of the molecule is CCCCc1ccc(C2CCSCC2)c(-c2c[n+]3c4c5c(cccc5c5ccccc5n24)C(C)(CC)C3(C)CC)c1C1CCSCC1. The molecule has 3 aliphatic heterocycles. The van der Waals surface area contributed by atoms with E-state index in [9.17, 15) is 0 Å². The van der Waals surface area contributed by atoms with Crippen molar-refractivity contribution in [2.75, 3.05) is 23.0 Å². The van der Waals surface area contributed by atoms with Crippen molar-refractivity contribution >= 4 is 50.8 Å². The second kappa shape index (κ2) is 12.5. The number of nitrogens with zero attached hydrogens (tertiary/aromatic N) is 2. The maximum Gasteiger partial charge on any atom is 0.296 e. The zero-order valence-corrected chi connectivity index (χ0v) is 31.0. The summed E-state index contributed by atoms with van der Waals surface area (Å²) in [6, 6.07) is 21.7. The van der Waals surface area contributed by atoms with Crippen molar-refractivity contribution in [1.29, 1.82) is 0 Å². The number of pyridine rings is 1. The zero-order valence-electron chi connectivity index (χ0n) is 29.3. The first-order valence-electron chi connectivity index (χ1n) is 18.7. The van der Waals surface area contributed by atoms with Gasteiger partial charge >= 0.3 is 0 Å². The molecule has 2 nitrogen and oxygen atoms in total. The highest BCUT2D eigenvalue weighted by molar-refractivity contribution is 7.99. The molecule has 2 saturated heterocycles. The first-order valence-corrected chi connectivity index (χ1v) is 21.0. The molecule has 0 amide bonds. The van der Waals surface area contributed by atoms with Crippen LogP contribution in [0, 0.1) is 0 Å². The number of thioether (sulfide) groups is 2. The van der Waals surface area contributed by atoms with Crippen LogP contribution in [0.2, 0.25) is 0 Å². The van der Waals surface area contributed by atoms with E-state index in [4.69, 9.17) is 0 Å². The molecule has 0 aliphatic carbocycles. The normalized spacial score (nSPS) is 23.9. The highest BCUT2D eigenvalue weighted by atomic mass is 32.2. The molecule has 2 atom stereocenters. The number of aromatic nitrogens is 2. The molecule has 2 unspecified atom stereocenters. The van der Waals surface area contributed by atoms with Gasteiger partial charge in [0.05, 0.1) is 5.39 Å². The lowest BCUT2D eigenvalue weighted by Gasteiger charge is -2.46. The van der Waals surface area contributed by atoms with Gasteiger partial charge in [-0.25, -0.2) is 4.57 Å². The minimum Gasteiger partial charge on any atom is -0.223 e. The maximum atomic E-state index is 2.79. The van der Waals surface area contributed by atoms with Crippen molar-refractivity contribution < 1.29 is 4.57 Å². The molecular formula is C43H53N2S2+. The number of imidazole rings is 1. The quantitative estimate of drug-likeness (QED) is 0.121. The van der Waals surface area contributed by atoms with Crippen LogP contribution in [0.5, 0.6) is 0 Å². The summed E-state index contributed by atoms with van der Waals surface area (Å²) in [6.45, 7) is 12.3. The third-order valence-electron chi connectivity index (χ3n) is 13.1. The predicted molar refractivity (Wildman–Crippen MR) is 207 cm³/mol. The van der Waals surface area contributed by atoms with Gasteiger partial charge in [-0.3, -0.25) is 0 Å². The summed E-state index contributed by atoms with van der Waals surface area (Å²) in [7, 11) is 0. The maximum absolute atomic E-state index is 2.79. The van der Waals surface area contributed by atoms with Gasteiger partial charge in [-0.15, -0.1) is 0 Å². The summed E-state index contributed by atoms with van der Waals surface area (Å²) < 4.78 is 5.54. The largest absolute Gasteiger partial charge is 0.296 e. The first kappa shape index (κ1) is 31.8. The van der Waals surface area contributed by atoms with Gasteiger partial charge in [0.25, 0.3) is 5.65 Å². The highest BCUT2D eigenvalue weighted by Crippen LogP contribution is 2.52. The van der Waals surface area contributed by atoms with Crippen molar-refractivity contribution in [2.24, 2.45) is 0 Å². The molecule has 3 aromatic carbocycles. The van der Waals surface area contributed by atoms with E-state index in [1.807, 2.05) is 0 Å². The van der Waals surface area contributed by atoms with E-state index in [0.29, 0.717) is 11.8 Å². The van der Waals surface area contributed by atoms with Gasteiger partial charge in [0, 0.05) is 21.8 Å². The van der Waals surface area contributed by atoms with Gasteiger partial charge in [0.15, 0.2) is 5.69 Å². The number of hydrogen-bond acceptors (Lipinski definition) is 2. The summed E-state index contributed by atoms with van der Waals surface area (Å²) in [6.07, 6.45) is 13.8. The fraction of sp³-hybridized carbons (Fsp3) is 0.512. The molecule has 47 heavy (non-hydrogen) atoms. The fourth-order valence-electron chi connectivity index (χ4n) is 9.91. The monoisotopic (exact) mass is 661 g/mol. The Balaban J connectivity index is 1.56. The van der Waals surface area contributed by atoms with Gasteiger partial charge in [0.2, 0.25) is 0 Å². The standard InChI is InChI=1S/C43H53N2S2/c1-6-9-13-30-18-19-32(29-20-24-46-25-21-29)40(38(30)31-22-26-47-27-23-31)37-28-44-41-39-34(33-14-10-11-17-36(33)45(37)41)15-12-16-35(39)42(4,7-2)43(44,5)8-3/h10-12,14-19,28-29,31H,6-9,13,20-27H2,1-5H3/q+1. The minimum absolute atomic E-state index is 0.0241. The molecule has 0 radical (unpaired) electrons. The Labute approximate surface area is 291 Å². The van der Waals surface area contributed by atoms with Gasteiger partial charge in [0.1, 0.15) is 17.3 Å². The second-order valence-electron chi connectivity index (χ2n) is 15.1. The van der Waals surface area contributed by atoms with Crippen LogP contribution in [-0.4, -0.2) is 27.4 Å². The molecule has 0 N–H and O–H groups in total. The molecule has 5 aromatic rings. The lowest BCUT2D eigenvalue weighted by atomic mass is 9.62. The lowest BCUT2D eigenvalue weighted by molar-refractivity contribution is -0.750.